The van der Waals surface area contributed by atoms with Gasteiger partial charge in [0.15, 0.2) is 23.5 Å². The van der Waals surface area contributed by atoms with E-state index in [1.165, 1.54) is 6.39 Å². The number of rotatable bonds is 0. The summed E-state index contributed by atoms with van der Waals surface area (Å²) in [6.45, 7) is 1.33. The van der Waals surface area contributed by atoms with Gasteiger partial charge < -0.3 is 13.9 Å². The maximum Gasteiger partial charge on any atom is 0.181 e. The van der Waals surface area contributed by atoms with Crippen LogP contribution in [0.1, 0.15) is 0 Å². The highest BCUT2D eigenvalue weighted by Crippen LogP contribution is 2.28. The quantitative estimate of drug-likeness (QED) is 0.618. The van der Waals surface area contributed by atoms with Crippen molar-refractivity contribution in [1.29, 1.82) is 0 Å². The van der Waals surface area contributed by atoms with Crippen LogP contribution < -0.4 is 9.47 Å². The number of para-hydroxylation sites is 4. The first-order valence-corrected chi connectivity index (χ1v) is 6.06. The van der Waals surface area contributed by atoms with E-state index in [1.807, 2.05) is 48.5 Å². The lowest BCUT2D eigenvalue weighted by Crippen LogP contribution is -2.14. The molecule has 0 amide bonds. The Balaban J connectivity index is 0.000000117. The third kappa shape index (κ3) is 2.68. The Labute approximate surface area is 110 Å². The molecule has 2 heterocycles. The van der Waals surface area contributed by atoms with E-state index in [2.05, 4.69) is 4.98 Å². The number of aromatic nitrogens is 1. The Morgan fingerprint density at radius 2 is 1.42 bits per heavy atom. The maximum absolute atomic E-state index is 5.30. The van der Waals surface area contributed by atoms with Gasteiger partial charge in [-0.15, -0.1) is 0 Å². The van der Waals surface area contributed by atoms with Crippen molar-refractivity contribution in [3.8, 4) is 11.5 Å². The van der Waals surface area contributed by atoms with Gasteiger partial charge in [-0.25, -0.2) is 4.98 Å². The molecule has 0 saturated carbocycles. The molecule has 0 N–H and O–H groups in total. The molecule has 0 radical (unpaired) electrons. The van der Waals surface area contributed by atoms with Crippen molar-refractivity contribution in [3.63, 3.8) is 0 Å². The fourth-order valence-corrected chi connectivity index (χ4v) is 1.80. The van der Waals surface area contributed by atoms with Crippen molar-refractivity contribution in [3.05, 3.63) is 54.9 Å². The van der Waals surface area contributed by atoms with Crippen molar-refractivity contribution < 1.29 is 13.9 Å². The molecule has 4 nitrogen and oxygen atoms in total. The second kappa shape index (κ2) is 5.44. The van der Waals surface area contributed by atoms with Crippen LogP contribution in [-0.2, 0) is 0 Å². The Morgan fingerprint density at radius 3 is 2.11 bits per heavy atom. The summed E-state index contributed by atoms with van der Waals surface area (Å²) in [6.07, 6.45) is 1.45. The second-order valence-corrected chi connectivity index (χ2v) is 3.96. The standard InChI is InChI=1S/C8H8O2.C7H5NO/c1-2-4-8-7(3-1)9-5-6-10-8;1-2-4-7-6(3-1)8-5-9-7/h1-4H,5-6H2;1-5H. The number of oxazole rings is 1. The summed E-state index contributed by atoms with van der Waals surface area (Å²) >= 11 is 0. The molecule has 0 fully saturated rings. The lowest BCUT2D eigenvalue weighted by Gasteiger charge is -2.17. The van der Waals surface area contributed by atoms with E-state index in [0.29, 0.717) is 13.2 Å². The van der Waals surface area contributed by atoms with Crippen LogP contribution in [0.4, 0.5) is 0 Å². The first kappa shape index (κ1) is 11.6. The first-order chi connectivity index (χ1) is 9.43. The summed E-state index contributed by atoms with van der Waals surface area (Å²) in [4.78, 5) is 3.95. The lowest BCUT2D eigenvalue weighted by atomic mass is 10.3. The van der Waals surface area contributed by atoms with Crippen molar-refractivity contribution in [2.75, 3.05) is 13.2 Å². The van der Waals surface area contributed by atoms with Crippen LogP contribution in [0.25, 0.3) is 11.1 Å². The minimum atomic E-state index is 0.664. The van der Waals surface area contributed by atoms with Gasteiger partial charge in [0.05, 0.1) is 0 Å². The van der Waals surface area contributed by atoms with Crippen LogP contribution in [0.2, 0.25) is 0 Å². The van der Waals surface area contributed by atoms with E-state index in [0.717, 1.165) is 22.6 Å². The molecule has 0 atom stereocenters. The largest absolute Gasteiger partial charge is 0.486 e. The Hall–Kier alpha value is -2.49. The van der Waals surface area contributed by atoms with Crippen LogP contribution in [-0.4, -0.2) is 18.2 Å². The summed E-state index contributed by atoms with van der Waals surface area (Å²) in [7, 11) is 0. The number of nitrogens with zero attached hydrogens (tertiary/aromatic N) is 1. The number of fused-ring (bicyclic) bond motifs is 2. The number of hydrogen-bond acceptors (Lipinski definition) is 4. The number of benzene rings is 2. The van der Waals surface area contributed by atoms with Gasteiger partial charge in [-0.3, -0.25) is 0 Å². The van der Waals surface area contributed by atoms with Gasteiger partial charge in [0.2, 0.25) is 0 Å². The molecular formula is C15H13NO3. The fraction of sp³-hybridized carbons (Fsp3) is 0.133. The van der Waals surface area contributed by atoms with Gasteiger partial charge in [0.25, 0.3) is 0 Å². The first-order valence-electron chi connectivity index (χ1n) is 6.06. The maximum atomic E-state index is 5.30. The van der Waals surface area contributed by atoms with Gasteiger partial charge in [-0.2, -0.15) is 0 Å². The van der Waals surface area contributed by atoms with Gasteiger partial charge >= 0.3 is 0 Å². The van der Waals surface area contributed by atoms with Gasteiger partial charge in [0.1, 0.15) is 18.7 Å². The third-order valence-corrected chi connectivity index (χ3v) is 2.68. The average molecular weight is 255 g/mol. The van der Waals surface area contributed by atoms with E-state index in [9.17, 15) is 0 Å². The van der Waals surface area contributed by atoms with Crippen molar-refractivity contribution in [1.82, 2.24) is 4.98 Å². The highest BCUT2D eigenvalue weighted by atomic mass is 16.6. The normalized spacial score (nSPS) is 12.6. The van der Waals surface area contributed by atoms with Crippen molar-refractivity contribution in [2.24, 2.45) is 0 Å². The Kier molecular flexibility index (Phi) is 3.32. The smallest absolute Gasteiger partial charge is 0.181 e. The predicted octanol–water partition coefficient (Wildman–Crippen LogP) is 3.29. The SMILES string of the molecule is c1ccc2c(c1)OCCO2.c1ccc2ocnc2c1. The van der Waals surface area contributed by atoms with E-state index in [4.69, 9.17) is 13.9 Å². The fourth-order valence-electron chi connectivity index (χ4n) is 1.80. The van der Waals surface area contributed by atoms with E-state index in [1.54, 1.807) is 0 Å². The van der Waals surface area contributed by atoms with Gasteiger partial charge in [-0.1, -0.05) is 24.3 Å². The van der Waals surface area contributed by atoms with Crippen LogP contribution in [0.5, 0.6) is 11.5 Å². The van der Waals surface area contributed by atoms with Crippen molar-refractivity contribution >= 4 is 11.1 Å². The summed E-state index contributed by atoms with van der Waals surface area (Å²) in [5, 5.41) is 0. The molecule has 1 aliphatic heterocycles. The Morgan fingerprint density at radius 1 is 0.789 bits per heavy atom. The minimum absolute atomic E-state index is 0.664. The topological polar surface area (TPSA) is 44.5 Å². The predicted molar refractivity (Wildman–Crippen MR) is 71.4 cm³/mol. The van der Waals surface area contributed by atoms with Crippen molar-refractivity contribution in [2.45, 2.75) is 0 Å². The molecule has 0 bridgehead atoms. The molecule has 96 valence electrons. The monoisotopic (exact) mass is 255 g/mol. The molecule has 4 rings (SSSR count). The zero-order valence-corrected chi connectivity index (χ0v) is 10.3. The Bertz CT molecular complexity index is 608. The molecule has 19 heavy (non-hydrogen) atoms. The summed E-state index contributed by atoms with van der Waals surface area (Å²) in [6, 6.07) is 15.4. The van der Waals surface area contributed by atoms with Crippen LogP contribution in [0.15, 0.2) is 59.3 Å². The molecule has 2 aromatic carbocycles. The molecule has 0 unspecified atom stereocenters. The molecule has 0 saturated heterocycles. The summed E-state index contributed by atoms with van der Waals surface area (Å²) in [5.74, 6) is 1.71. The molecule has 0 aliphatic carbocycles. The van der Waals surface area contributed by atoms with E-state index in [-0.39, 0.29) is 0 Å². The van der Waals surface area contributed by atoms with Crippen LogP contribution in [0, 0.1) is 0 Å². The summed E-state index contributed by atoms with van der Waals surface area (Å²) < 4.78 is 15.6. The molecule has 1 aromatic heterocycles. The molecule has 0 spiro atoms. The zero-order valence-electron chi connectivity index (χ0n) is 10.3. The highest BCUT2D eigenvalue weighted by molar-refractivity contribution is 5.71. The number of hydrogen-bond donors (Lipinski definition) is 0. The minimum Gasteiger partial charge on any atom is -0.486 e. The van der Waals surface area contributed by atoms with Crippen LogP contribution >= 0.6 is 0 Å². The lowest BCUT2D eigenvalue weighted by molar-refractivity contribution is 0.171. The average Bonchev–Trinajstić information content (AvgIpc) is 2.96. The van der Waals surface area contributed by atoms with Crippen LogP contribution in [0.3, 0.4) is 0 Å². The van der Waals surface area contributed by atoms with E-state index < -0.39 is 0 Å². The molecule has 3 aromatic rings. The van der Waals surface area contributed by atoms with Gasteiger partial charge in [0, 0.05) is 0 Å². The number of ether oxygens (including phenoxy) is 2. The summed E-state index contributed by atoms with van der Waals surface area (Å²) in [5.41, 5.74) is 1.76. The molecular weight excluding hydrogens is 242 g/mol. The van der Waals surface area contributed by atoms with Gasteiger partial charge in [-0.05, 0) is 24.3 Å². The molecule has 1 aliphatic rings. The third-order valence-electron chi connectivity index (χ3n) is 2.68. The van der Waals surface area contributed by atoms with E-state index >= 15 is 0 Å². The second-order valence-electron chi connectivity index (χ2n) is 3.96. The highest BCUT2D eigenvalue weighted by Gasteiger charge is 2.07. The molecule has 4 heteroatoms. The zero-order chi connectivity index (χ0) is 12.9.